The lowest BCUT2D eigenvalue weighted by Gasteiger charge is -2.31. The highest BCUT2D eigenvalue weighted by Crippen LogP contribution is 2.30. The minimum Gasteiger partial charge on any atom is -0.381 e. The molecule has 2 rings (SSSR count). The number of hydrogen-bond donors (Lipinski definition) is 1. The molecule has 1 aromatic rings. The fourth-order valence-electron chi connectivity index (χ4n) is 2.63. The first-order valence-corrected chi connectivity index (χ1v) is 6.79. The number of hydrogen-bond acceptors (Lipinski definition) is 2. The Labute approximate surface area is 109 Å². The van der Waals surface area contributed by atoms with Crippen LogP contribution in [0.1, 0.15) is 36.9 Å². The van der Waals surface area contributed by atoms with Crippen molar-refractivity contribution in [2.75, 3.05) is 19.8 Å². The predicted molar refractivity (Wildman–Crippen MR) is 71.1 cm³/mol. The van der Waals surface area contributed by atoms with Crippen LogP contribution in [0.5, 0.6) is 0 Å². The van der Waals surface area contributed by atoms with E-state index in [1.165, 1.54) is 0 Å². The highest BCUT2D eigenvalue weighted by molar-refractivity contribution is 5.26. The second-order valence-electron chi connectivity index (χ2n) is 4.99. The largest absolute Gasteiger partial charge is 0.381 e. The number of benzene rings is 1. The lowest BCUT2D eigenvalue weighted by molar-refractivity contribution is 0.0538. The van der Waals surface area contributed by atoms with Crippen molar-refractivity contribution in [2.45, 2.75) is 32.7 Å². The molecular weight excluding hydrogens is 229 g/mol. The maximum Gasteiger partial charge on any atom is 0.126 e. The number of ether oxygens (including phenoxy) is 1. The van der Waals surface area contributed by atoms with Gasteiger partial charge < -0.3 is 10.1 Å². The lowest BCUT2D eigenvalue weighted by Crippen LogP contribution is -2.32. The van der Waals surface area contributed by atoms with Crippen molar-refractivity contribution in [2.24, 2.45) is 5.92 Å². The average Bonchev–Trinajstić information content (AvgIpc) is 2.40. The van der Waals surface area contributed by atoms with Crippen molar-refractivity contribution in [3.63, 3.8) is 0 Å². The van der Waals surface area contributed by atoms with Gasteiger partial charge in [0.15, 0.2) is 0 Å². The van der Waals surface area contributed by atoms with Crippen LogP contribution in [0, 0.1) is 18.7 Å². The van der Waals surface area contributed by atoms with Crippen LogP contribution in [0.4, 0.5) is 4.39 Å². The Morgan fingerprint density at radius 2 is 2.11 bits per heavy atom. The van der Waals surface area contributed by atoms with Crippen molar-refractivity contribution in [1.82, 2.24) is 5.32 Å². The number of nitrogens with one attached hydrogen (secondary N) is 1. The van der Waals surface area contributed by atoms with Gasteiger partial charge in [0.1, 0.15) is 5.82 Å². The summed E-state index contributed by atoms with van der Waals surface area (Å²) in [6.07, 6.45) is 2.10. The van der Waals surface area contributed by atoms with Gasteiger partial charge in [0.25, 0.3) is 0 Å². The van der Waals surface area contributed by atoms with Crippen molar-refractivity contribution in [3.8, 4) is 0 Å². The molecule has 1 saturated heterocycles. The summed E-state index contributed by atoms with van der Waals surface area (Å²) in [5, 5.41) is 3.49. The SMILES string of the molecule is CCNC(c1ccc(C)c(F)c1)C1CCOCC1. The maximum atomic E-state index is 13.7. The molecule has 18 heavy (non-hydrogen) atoms. The molecule has 1 atom stereocenters. The summed E-state index contributed by atoms with van der Waals surface area (Å²) in [7, 11) is 0. The first kappa shape index (κ1) is 13.5. The van der Waals surface area contributed by atoms with Crippen LogP contribution in [-0.2, 0) is 4.74 Å². The molecule has 1 aromatic carbocycles. The third-order valence-corrected chi connectivity index (χ3v) is 3.72. The highest BCUT2D eigenvalue weighted by Gasteiger charge is 2.25. The van der Waals surface area contributed by atoms with Crippen LogP contribution in [0.25, 0.3) is 0 Å². The van der Waals surface area contributed by atoms with E-state index in [1.54, 1.807) is 13.0 Å². The van der Waals surface area contributed by atoms with E-state index < -0.39 is 0 Å². The van der Waals surface area contributed by atoms with E-state index >= 15 is 0 Å². The first-order valence-electron chi connectivity index (χ1n) is 6.79. The molecule has 100 valence electrons. The second-order valence-corrected chi connectivity index (χ2v) is 4.99. The van der Waals surface area contributed by atoms with E-state index in [-0.39, 0.29) is 11.9 Å². The van der Waals surface area contributed by atoms with Crippen molar-refractivity contribution in [1.29, 1.82) is 0 Å². The van der Waals surface area contributed by atoms with Crippen LogP contribution >= 0.6 is 0 Å². The van der Waals surface area contributed by atoms with Crippen molar-refractivity contribution < 1.29 is 9.13 Å². The average molecular weight is 251 g/mol. The summed E-state index contributed by atoms with van der Waals surface area (Å²) in [5.74, 6) is 0.434. The van der Waals surface area contributed by atoms with E-state index in [0.717, 1.165) is 38.2 Å². The summed E-state index contributed by atoms with van der Waals surface area (Å²) < 4.78 is 19.1. The van der Waals surface area contributed by atoms with Gasteiger partial charge in [-0.25, -0.2) is 4.39 Å². The Bertz CT molecular complexity index is 388. The summed E-state index contributed by atoms with van der Waals surface area (Å²) >= 11 is 0. The minimum absolute atomic E-state index is 0.109. The van der Waals surface area contributed by atoms with Gasteiger partial charge in [0.05, 0.1) is 0 Å². The van der Waals surface area contributed by atoms with Crippen LogP contribution in [0.3, 0.4) is 0 Å². The zero-order valence-corrected chi connectivity index (χ0v) is 11.2. The standard InChI is InChI=1S/C15H22FNO/c1-3-17-15(12-6-8-18-9-7-12)13-5-4-11(2)14(16)10-13/h4-5,10,12,15,17H,3,6-9H2,1-2H3. The molecule has 0 radical (unpaired) electrons. The molecule has 1 heterocycles. The molecule has 1 fully saturated rings. The first-order chi connectivity index (χ1) is 8.72. The molecule has 0 aliphatic carbocycles. The number of halogens is 1. The van der Waals surface area contributed by atoms with Crippen LogP contribution in [0.2, 0.25) is 0 Å². The van der Waals surface area contributed by atoms with E-state index in [0.29, 0.717) is 11.5 Å². The van der Waals surface area contributed by atoms with Crippen molar-refractivity contribution in [3.05, 3.63) is 35.1 Å². The zero-order valence-electron chi connectivity index (χ0n) is 11.2. The molecule has 1 N–H and O–H groups in total. The normalized spacial score (nSPS) is 18.8. The predicted octanol–water partition coefficient (Wildman–Crippen LogP) is 3.21. The maximum absolute atomic E-state index is 13.7. The summed E-state index contributed by atoms with van der Waals surface area (Å²) in [6, 6.07) is 5.84. The van der Waals surface area contributed by atoms with Gasteiger partial charge in [-0.2, -0.15) is 0 Å². The highest BCUT2D eigenvalue weighted by atomic mass is 19.1. The van der Waals surface area contributed by atoms with Gasteiger partial charge in [-0.3, -0.25) is 0 Å². The van der Waals surface area contributed by atoms with Crippen LogP contribution < -0.4 is 5.32 Å². The molecule has 1 aliphatic heterocycles. The molecule has 2 nitrogen and oxygen atoms in total. The molecule has 3 heteroatoms. The van der Waals surface area contributed by atoms with Crippen LogP contribution in [-0.4, -0.2) is 19.8 Å². The fourth-order valence-corrected chi connectivity index (χ4v) is 2.63. The molecule has 0 spiro atoms. The van der Waals surface area contributed by atoms with Gasteiger partial charge in [0.2, 0.25) is 0 Å². The van der Waals surface area contributed by atoms with Gasteiger partial charge in [-0.1, -0.05) is 19.1 Å². The Hall–Kier alpha value is -0.930. The van der Waals surface area contributed by atoms with Gasteiger partial charge in [-0.15, -0.1) is 0 Å². The second kappa shape index (κ2) is 6.30. The third kappa shape index (κ3) is 3.09. The molecule has 0 bridgehead atoms. The summed E-state index contributed by atoms with van der Waals surface area (Å²) in [5.41, 5.74) is 1.77. The van der Waals surface area contributed by atoms with Crippen LogP contribution in [0.15, 0.2) is 18.2 Å². The summed E-state index contributed by atoms with van der Waals surface area (Å²) in [6.45, 7) is 6.44. The molecule has 0 aromatic heterocycles. The number of aryl methyl sites for hydroxylation is 1. The van der Waals surface area contributed by atoms with E-state index in [1.807, 2.05) is 12.1 Å². The monoisotopic (exact) mass is 251 g/mol. The molecule has 1 aliphatic rings. The van der Waals surface area contributed by atoms with E-state index in [4.69, 9.17) is 4.74 Å². The van der Waals surface area contributed by atoms with E-state index in [9.17, 15) is 4.39 Å². The minimum atomic E-state index is -0.109. The summed E-state index contributed by atoms with van der Waals surface area (Å²) in [4.78, 5) is 0. The Balaban J connectivity index is 2.19. The number of rotatable bonds is 4. The Morgan fingerprint density at radius 1 is 1.39 bits per heavy atom. The Kier molecular flexibility index (Phi) is 4.72. The molecule has 1 unspecified atom stereocenters. The smallest absolute Gasteiger partial charge is 0.126 e. The van der Waals surface area contributed by atoms with E-state index in [2.05, 4.69) is 12.2 Å². The molecular formula is C15H22FNO. The lowest BCUT2D eigenvalue weighted by atomic mass is 9.86. The fraction of sp³-hybridized carbons (Fsp3) is 0.600. The molecule has 0 amide bonds. The van der Waals surface area contributed by atoms with Crippen molar-refractivity contribution >= 4 is 0 Å². The quantitative estimate of drug-likeness (QED) is 0.887. The van der Waals surface area contributed by atoms with Gasteiger partial charge in [0, 0.05) is 19.3 Å². The third-order valence-electron chi connectivity index (χ3n) is 3.72. The Morgan fingerprint density at radius 3 is 2.72 bits per heavy atom. The molecule has 0 saturated carbocycles. The topological polar surface area (TPSA) is 21.3 Å². The zero-order chi connectivity index (χ0) is 13.0. The van der Waals surface area contributed by atoms with Gasteiger partial charge >= 0.3 is 0 Å². The van der Waals surface area contributed by atoms with Gasteiger partial charge in [-0.05, 0) is 49.4 Å².